The van der Waals surface area contributed by atoms with Crippen LogP contribution in [-0.4, -0.2) is 50.1 Å². The zero-order valence-electron chi connectivity index (χ0n) is 14.6. The van der Waals surface area contributed by atoms with Gasteiger partial charge >= 0.3 is 0 Å². The lowest BCUT2D eigenvalue weighted by Crippen LogP contribution is -2.41. The lowest BCUT2D eigenvalue weighted by atomic mass is 9.92. The predicted octanol–water partition coefficient (Wildman–Crippen LogP) is 2.94. The van der Waals surface area contributed by atoms with Gasteiger partial charge in [0, 0.05) is 32.7 Å². The Kier molecular flexibility index (Phi) is 9.71. The van der Waals surface area contributed by atoms with E-state index in [0.717, 1.165) is 43.3 Å². The van der Waals surface area contributed by atoms with Crippen LogP contribution in [0.5, 0.6) is 0 Å². The summed E-state index contributed by atoms with van der Waals surface area (Å²) in [5, 5.41) is 6.82. The molecule has 2 fully saturated rings. The van der Waals surface area contributed by atoms with Crippen LogP contribution in [0.4, 0.5) is 0 Å². The fourth-order valence-electron chi connectivity index (χ4n) is 3.35. The second-order valence-electron chi connectivity index (χ2n) is 7.15. The second kappa shape index (κ2) is 10.7. The van der Waals surface area contributed by atoms with E-state index in [-0.39, 0.29) is 24.0 Å². The van der Waals surface area contributed by atoms with Gasteiger partial charge in [0.1, 0.15) is 0 Å². The minimum Gasteiger partial charge on any atom is -0.357 e. The molecule has 5 heteroatoms. The average Bonchev–Trinajstić information content (AvgIpc) is 3.24. The summed E-state index contributed by atoms with van der Waals surface area (Å²) in [7, 11) is 0. The van der Waals surface area contributed by atoms with Gasteiger partial charge in [0.2, 0.25) is 0 Å². The number of hydrogen-bond donors (Lipinski definition) is 2. The summed E-state index contributed by atoms with van der Waals surface area (Å²) in [5.74, 6) is 3.58. The Bertz CT molecular complexity index is 321. The van der Waals surface area contributed by atoms with Crippen molar-refractivity contribution in [1.82, 2.24) is 15.5 Å². The van der Waals surface area contributed by atoms with Gasteiger partial charge < -0.3 is 15.5 Å². The number of rotatable bonds is 7. The normalized spacial score (nSPS) is 26.4. The van der Waals surface area contributed by atoms with E-state index < -0.39 is 0 Å². The van der Waals surface area contributed by atoms with Crippen molar-refractivity contribution in [3.8, 4) is 0 Å². The summed E-state index contributed by atoms with van der Waals surface area (Å²) in [4.78, 5) is 7.30. The first-order chi connectivity index (χ1) is 10.2. The Hall–Kier alpha value is -0.0400. The van der Waals surface area contributed by atoms with Crippen LogP contribution < -0.4 is 10.6 Å². The number of hydrogen-bond acceptors (Lipinski definition) is 2. The quantitative estimate of drug-likeness (QED) is 0.287. The van der Waals surface area contributed by atoms with Gasteiger partial charge in [0.25, 0.3) is 0 Å². The first kappa shape index (κ1) is 20.0. The molecule has 2 rings (SSSR count). The Balaban J connectivity index is 0.00000242. The van der Waals surface area contributed by atoms with Crippen LogP contribution in [0.2, 0.25) is 0 Å². The van der Waals surface area contributed by atoms with Gasteiger partial charge in [-0.2, -0.15) is 0 Å². The lowest BCUT2D eigenvalue weighted by molar-refractivity contribution is 0.140. The molecule has 0 aromatic rings. The summed E-state index contributed by atoms with van der Waals surface area (Å²) < 4.78 is 0. The number of nitrogens with one attached hydrogen (secondary N) is 2. The summed E-state index contributed by atoms with van der Waals surface area (Å²) >= 11 is 0. The molecule has 0 aromatic heterocycles. The van der Waals surface area contributed by atoms with E-state index in [1.807, 2.05) is 0 Å². The molecule has 1 saturated heterocycles. The third kappa shape index (κ3) is 7.99. The maximum atomic E-state index is 4.66. The van der Waals surface area contributed by atoms with Gasteiger partial charge in [-0.15, -0.1) is 24.0 Å². The maximum absolute atomic E-state index is 4.66. The van der Waals surface area contributed by atoms with Gasteiger partial charge in [0.05, 0.1) is 0 Å². The molecule has 4 nitrogen and oxygen atoms in total. The number of aliphatic imine (C=N–C) groups is 1. The molecule has 2 atom stereocenters. The van der Waals surface area contributed by atoms with Crippen LogP contribution in [-0.2, 0) is 0 Å². The van der Waals surface area contributed by atoms with E-state index in [4.69, 9.17) is 0 Å². The van der Waals surface area contributed by atoms with Crippen molar-refractivity contribution in [2.45, 2.75) is 46.5 Å². The predicted molar refractivity (Wildman–Crippen MR) is 106 cm³/mol. The average molecular weight is 422 g/mol. The Morgan fingerprint density at radius 2 is 1.82 bits per heavy atom. The monoisotopic (exact) mass is 422 g/mol. The second-order valence-corrected chi connectivity index (χ2v) is 7.15. The summed E-state index contributed by atoms with van der Waals surface area (Å²) in [6.07, 6.45) is 5.34. The standard InChI is InChI=1S/C17H34N4.HI/c1-4-18-17(20-11-16-6-7-16)19-8-5-9-21-12-14(2)10-15(3)13-21;/h14-16H,4-13H2,1-3H3,(H2,18,19,20);1H. The first-order valence-corrected chi connectivity index (χ1v) is 8.92. The molecule has 22 heavy (non-hydrogen) atoms. The number of likely N-dealkylation sites (tertiary alicyclic amines) is 1. The lowest BCUT2D eigenvalue weighted by Gasteiger charge is -2.35. The molecular weight excluding hydrogens is 387 g/mol. The topological polar surface area (TPSA) is 39.7 Å². The third-order valence-electron chi connectivity index (χ3n) is 4.44. The number of nitrogens with zero attached hydrogens (tertiary/aromatic N) is 2. The Labute approximate surface area is 153 Å². The smallest absolute Gasteiger partial charge is 0.191 e. The zero-order chi connectivity index (χ0) is 15.1. The number of halogens is 1. The largest absolute Gasteiger partial charge is 0.357 e. The van der Waals surface area contributed by atoms with E-state index in [0.29, 0.717) is 0 Å². The van der Waals surface area contributed by atoms with E-state index in [1.165, 1.54) is 45.3 Å². The Morgan fingerprint density at radius 3 is 2.41 bits per heavy atom. The van der Waals surface area contributed by atoms with Crippen molar-refractivity contribution in [3.05, 3.63) is 0 Å². The van der Waals surface area contributed by atoms with Gasteiger partial charge in [-0.05, 0) is 56.9 Å². The van der Waals surface area contributed by atoms with Crippen LogP contribution >= 0.6 is 24.0 Å². The maximum Gasteiger partial charge on any atom is 0.191 e. The van der Waals surface area contributed by atoms with Crippen LogP contribution in [0.3, 0.4) is 0 Å². The van der Waals surface area contributed by atoms with Crippen molar-refractivity contribution in [2.75, 3.05) is 39.3 Å². The molecule has 0 bridgehead atoms. The van der Waals surface area contributed by atoms with Crippen molar-refractivity contribution < 1.29 is 0 Å². The van der Waals surface area contributed by atoms with Gasteiger partial charge in [-0.3, -0.25) is 4.99 Å². The van der Waals surface area contributed by atoms with Crippen LogP contribution in [0.1, 0.15) is 46.5 Å². The molecule has 0 spiro atoms. The van der Waals surface area contributed by atoms with E-state index >= 15 is 0 Å². The zero-order valence-corrected chi connectivity index (χ0v) is 16.9. The van der Waals surface area contributed by atoms with Crippen molar-refractivity contribution >= 4 is 29.9 Å². The molecule has 2 aliphatic rings. The Morgan fingerprint density at radius 1 is 1.14 bits per heavy atom. The molecule has 1 heterocycles. The fraction of sp³-hybridized carbons (Fsp3) is 0.941. The third-order valence-corrected chi connectivity index (χ3v) is 4.44. The van der Waals surface area contributed by atoms with Gasteiger partial charge in [0.15, 0.2) is 5.96 Å². The molecule has 2 unspecified atom stereocenters. The highest BCUT2D eigenvalue weighted by Gasteiger charge is 2.21. The molecular formula is C17H35IN4. The molecule has 1 aliphatic carbocycles. The molecule has 0 aromatic carbocycles. The highest BCUT2D eigenvalue weighted by Crippen LogP contribution is 2.28. The molecule has 0 amide bonds. The summed E-state index contributed by atoms with van der Waals surface area (Å²) in [6, 6.07) is 0. The number of guanidine groups is 1. The van der Waals surface area contributed by atoms with Gasteiger partial charge in [-0.1, -0.05) is 13.8 Å². The molecule has 1 saturated carbocycles. The molecule has 2 N–H and O–H groups in total. The minimum absolute atomic E-state index is 0. The van der Waals surface area contributed by atoms with Crippen molar-refractivity contribution in [2.24, 2.45) is 22.7 Å². The first-order valence-electron chi connectivity index (χ1n) is 8.92. The van der Waals surface area contributed by atoms with Crippen LogP contribution in [0, 0.1) is 17.8 Å². The van der Waals surface area contributed by atoms with Crippen molar-refractivity contribution in [1.29, 1.82) is 0 Å². The molecule has 1 aliphatic heterocycles. The molecule has 0 radical (unpaired) electrons. The summed E-state index contributed by atoms with van der Waals surface area (Å²) in [5.41, 5.74) is 0. The highest BCUT2D eigenvalue weighted by atomic mass is 127. The number of piperidine rings is 1. The summed E-state index contributed by atoms with van der Waals surface area (Å²) in [6.45, 7) is 13.6. The van der Waals surface area contributed by atoms with Crippen LogP contribution in [0.25, 0.3) is 0 Å². The molecule has 130 valence electrons. The van der Waals surface area contributed by atoms with Gasteiger partial charge in [-0.25, -0.2) is 0 Å². The SMILES string of the molecule is CCNC(=NCC1CC1)NCCCN1CC(C)CC(C)C1.I. The van der Waals surface area contributed by atoms with E-state index in [9.17, 15) is 0 Å². The van der Waals surface area contributed by atoms with Crippen molar-refractivity contribution in [3.63, 3.8) is 0 Å². The highest BCUT2D eigenvalue weighted by molar-refractivity contribution is 14.0. The minimum atomic E-state index is 0. The van der Waals surface area contributed by atoms with E-state index in [2.05, 4.69) is 41.3 Å². The van der Waals surface area contributed by atoms with Crippen LogP contribution in [0.15, 0.2) is 4.99 Å². The van der Waals surface area contributed by atoms with E-state index in [1.54, 1.807) is 0 Å². The fourth-order valence-corrected chi connectivity index (χ4v) is 3.35.